The molecule has 2 nitrogen and oxygen atoms in total. The molecular weight excluding hydrogens is 284 g/mol. The Kier molecular flexibility index (Phi) is 4.57. The van der Waals surface area contributed by atoms with Crippen LogP contribution in [0, 0.1) is 11.6 Å². The van der Waals surface area contributed by atoms with Crippen molar-refractivity contribution in [3.63, 3.8) is 0 Å². The quantitative estimate of drug-likeness (QED) is 0.930. The predicted octanol–water partition coefficient (Wildman–Crippen LogP) is 3.87. The second-order valence-electron chi connectivity index (χ2n) is 4.44. The van der Waals surface area contributed by atoms with Gasteiger partial charge in [0.25, 0.3) is 0 Å². The molecule has 0 saturated carbocycles. The van der Waals surface area contributed by atoms with Crippen LogP contribution in [0.3, 0.4) is 0 Å². The Hall–Kier alpha value is -1.65. The largest absolute Gasteiger partial charge is 0.496 e. The van der Waals surface area contributed by atoms with Crippen molar-refractivity contribution in [2.24, 2.45) is 5.73 Å². The van der Waals surface area contributed by atoms with Gasteiger partial charge in [-0.15, -0.1) is 0 Å². The second-order valence-corrected chi connectivity index (χ2v) is 4.88. The summed E-state index contributed by atoms with van der Waals surface area (Å²) >= 11 is 5.94. The lowest BCUT2D eigenvalue weighted by Crippen LogP contribution is -2.14. The highest BCUT2D eigenvalue weighted by Gasteiger charge is 2.13. The molecule has 20 heavy (non-hydrogen) atoms. The summed E-state index contributed by atoms with van der Waals surface area (Å²) in [4.78, 5) is 0. The number of ether oxygens (including phenoxy) is 1. The molecule has 0 saturated heterocycles. The van der Waals surface area contributed by atoms with Crippen molar-refractivity contribution in [1.29, 1.82) is 0 Å². The number of nitrogens with two attached hydrogens (primary N) is 1. The molecule has 1 unspecified atom stereocenters. The van der Waals surface area contributed by atoms with Crippen molar-refractivity contribution >= 4 is 11.6 Å². The molecule has 0 heterocycles. The molecule has 0 fully saturated rings. The fourth-order valence-electron chi connectivity index (χ4n) is 2.00. The summed E-state index contributed by atoms with van der Waals surface area (Å²) in [7, 11) is 1.55. The third kappa shape index (κ3) is 3.26. The van der Waals surface area contributed by atoms with Crippen molar-refractivity contribution in [1.82, 2.24) is 0 Å². The first-order valence-corrected chi connectivity index (χ1v) is 6.42. The maximum atomic E-state index is 13.2. The van der Waals surface area contributed by atoms with Crippen molar-refractivity contribution < 1.29 is 13.5 Å². The third-order valence-electron chi connectivity index (χ3n) is 3.05. The number of benzene rings is 2. The first-order chi connectivity index (χ1) is 9.51. The summed E-state index contributed by atoms with van der Waals surface area (Å²) in [6, 6.07) is 8.39. The van der Waals surface area contributed by atoms with Gasteiger partial charge in [-0.2, -0.15) is 0 Å². The van der Waals surface area contributed by atoms with Crippen LogP contribution in [-0.4, -0.2) is 7.11 Å². The van der Waals surface area contributed by atoms with E-state index >= 15 is 0 Å². The number of halogens is 3. The minimum Gasteiger partial charge on any atom is -0.496 e. The van der Waals surface area contributed by atoms with Crippen LogP contribution < -0.4 is 10.5 Å². The highest BCUT2D eigenvalue weighted by molar-refractivity contribution is 6.30. The summed E-state index contributed by atoms with van der Waals surface area (Å²) < 4.78 is 31.4. The minimum absolute atomic E-state index is 0.412. The Morgan fingerprint density at radius 3 is 2.55 bits per heavy atom. The molecule has 0 aliphatic heterocycles. The van der Waals surface area contributed by atoms with Gasteiger partial charge in [0.1, 0.15) is 5.75 Å². The SMILES string of the molecule is COc1ccc(Cl)cc1CC(N)c1ccc(F)c(F)c1. The van der Waals surface area contributed by atoms with Gasteiger partial charge in [-0.3, -0.25) is 0 Å². The normalized spacial score (nSPS) is 12.2. The lowest BCUT2D eigenvalue weighted by atomic mass is 9.99. The van der Waals surface area contributed by atoms with Gasteiger partial charge in [-0.05, 0) is 47.9 Å². The zero-order chi connectivity index (χ0) is 14.7. The molecule has 2 rings (SSSR count). The van der Waals surface area contributed by atoms with Crippen LogP contribution in [0.15, 0.2) is 36.4 Å². The van der Waals surface area contributed by atoms with Crippen LogP contribution in [0.2, 0.25) is 5.02 Å². The first kappa shape index (κ1) is 14.8. The molecule has 0 spiro atoms. The molecule has 0 aromatic heterocycles. The summed E-state index contributed by atoms with van der Waals surface area (Å²) in [5.41, 5.74) is 7.37. The van der Waals surface area contributed by atoms with E-state index in [0.717, 1.165) is 17.7 Å². The van der Waals surface area contributed by atoms with Gasteiger partial charge in [0.2, 0.25) is 0 Å². The average molecular weight is 298 g/mol. The molecule has 2 N–H and O–H groups in total. The lowest BCUT2D eigenvalue weighted by Gasteiger charge is -2.15. The first-order valence-electron chi connectivity index (χ1n) is 6.04. The van der Waals surface area contributed by atoms with Gasteiger partial charge in [0, 0.05) is 11.1 Å². The fourth-order valence-corrected chi connectivity index (χ4v) is 2.20. The van der Waals surface area contributed by atoms with Gasteiger partial charge >= 0.3 is 0 Å². The summed E-state index contributed by atoms with van der Waals surface area (Å²) in [6.07, 6.45) is 0.412. The van der Waals surface area contributed by atoms with Crippen molar-refractivity contribution in [3.05, 3.63) is 64.2 Å². The van der Waals surface area contributed by atoms with E-state index in [9.17, 15) is 8.78 Å². The maximum absolute atomic E-state index is 13.2. The Labute approximate surface area is 121 Å². The molecule has 5 heteroatoms. The summed E-state index contributed by atoms with van der Waals surface area (Å²) in [5, 5.41) is 0.568. The maximum Gasteiger partial charge on any atom is 0.159 e. The second kappa shape index (κ2) is 6.20. The molecule has 106 valence electrons. The number of hydrogen-bond donors (Lipinski definition) is 1. The molecule has 0 amide bonds. The molecule has 2 aromatic carbocycles. The number of rotatable bonds is 4. The minimum atomic E-state index is -0.906. The van der Waals surface area contributed by atoms with Crippen LogP contribution in [-0.2, 0) is 6.42 Å². The van der Waals surface area contributed by atoms with E-state index in [1.54, 1.807) is 25.3 Å². The number of methoxy groups -OCH3 is 1. The van der Waals surface area contributed by atoms with E-state index in [-0.39, 0.29) is 0 Å². The predicted molar refractivity (Wildman–Crippen MR) is 75.0 cm³/mol. The summed E-state index contributed by atoms with van der Waals surface area (Å²) in [5.74, 6) is -1.13. The van der Waals surface area contributed by atoms with Crippen molar-refractivity contribution in [3.8, 4) is 5.75 Å². The Morgan fingerprint density at radius 1 is 1.15 bits per heavy atom. The lowest BCUT2D eigenvalue weighted by molar-refractivity contribution is 0.408. The van der Waals surface area contributed by atoms with E-state index in [2.05, 4.69) is 0 Å². The molecule has 0 bridgehead atoms. The van der Waals surface area contributed by atoms with Crippen LogP contribution in [0.1, 0.15) is 17.2 Å². The zero-order valence-corrected chi connectivity index (χ0v) is 11.6. The van der Waals surface area contributed by atoms with Crippen LogP contribution in [0.4, 0.5) is 8.78 Å². The molecule has 0 aliphatic carbocycles. The third-order valence-corrected chi connectivity index (χ3v) is 3.29. The zero-order valence-electron chi connectivity index (χ0n) is 10.9. The van der Waals surface area contributed by atoms with E-state index in [1.807, 2.05) is 0 Å². The van der Waals surface area contributed by atoms with Crippen molar-refractivity contribution in [2.75, 3.05) is 7.11 Å². The highest BCUT2D eigenvalue weighted by Crippen LogP contribution is 2.27. The van der Waals surface area contributed by atoms with Crippen LogP contribution in [0.5, 0.6) is 5.75 Å². The highest BCUT2D eigenvalue weighted by atomic mass is 35.5. The molecule has 2 aromatic rings. The fraction of sp³-hybridized carbons (Fsp3) is 0.200. The van der Waals surface area contributed by atoms with E-state index < -0.39 is 17.7 Å². The van der Waals surface area contributed by atoms with Crippen molar-refractivity contribution in [2.45, 2.75) is 12.5 Å². The van der Waals surface area contributed by atoms with Gasteiger partial charge in [-0.1, -0.05) is 17.7 Å². The Balaban J connectivity index is 2.24. The van der Waals surface area contributed by atoms with Gasteiger partial charge < -0.3 is 10.5 Å². The molecule has 0 aliphatic rings. The van der Waals surface area contributed by atoms with E-state index in [1.165, 1.54) is 6.07 Å². The van der Waals surface area contributed by atoms with Crippen LogP contribution in [0.25, 0.3) is 0 Å². The number of hydrogen-bond acceptors (Lipinski definition) is 2. The summed E-state index contributed by atoms with van der Waals surface area (Å²) in [6.45, 7) is 0. The molecule has 0 radical (unpaired) electrons. The smallest absolute Gasteiger partial charge is 0.159 e. The standard InChI is InChI=1S/C15H14ClF2NO/c1-20-15-5-3-11(16)6-10(15)8-14(19)9-2-4-12(17)13(18)7-9/h2-7,14H,8,19H2,1H3. The van der Waals surface area contributed by atoms with Gasteiger partial charge in [-0.25, -0.2) is 8.78 Å². The van der Waals surface area contributed by atoms with Gasteiger partial charge in [0.05, 0.1) is 7.11 Å². The monoisotopic (exact) mass is 297 g/mol. The van der Waals surface area contributed by atoms with Gasteiger partial charge in [0.15, 0.2) is 11.6 Å². The molecular formula is C15H14ClF2NO. The Bertz CT molecular complexity index is 619. The molecule has 1 atom stereocenters. The van der Waals surface area contributed by atoms with Crippen LogP contribution >= 0.6 is 11.6 Å². The van der Waals surface area contributed by atoms with E-state index in [0.29, 0.717) is 22.8 Å². The van der Waals surface area contributed by atoms with E-state index in [4.69, 9.17) is 22.1 Å². The topological polar surface area (TPSA) is 35.2 Å². The Morgan fingerprint density at radius 2 is 1.90 bits per heavy atom. The average Bonchev–Trinajstić information content (AvgIpc) is 2.42.